The Morgan fingerprint density at radius 3 is 2.79 bits per heavy atom. The summed E-state index contributed by atoms with van der Waals surface area (Å²) in [5, 5.41) is 2.74. The van der Waals surface area contributed by atoms with Gasteiger partial charge in [-0.1, -0.05) is 30.3 Å². The Hall–Kier alpha value is -2.29. The Labute approximate surface area is 112 Å². The summed E-state index contributed by atoms with van der Waals surface area (Å²) in [6.07, 6.45) is 0.555. The van der Waals surface area contributed by atoms with Crippen LogP contribution >= 0.6 is 0 Å². The molecule has 1 N–H and O–H groups in total. The Morgan fingerprint density at radius 1 is 1.16 bits per heavy atom. The van der Waals surface area contributed by atoms with Crippen molar-refractivity contribution in [3.05, 3.63) is 53.6 Å². The molecule has 3 rings (SSSR count). The molecule has 0 fully saturated rings. The minimum absolute atomic E-state index is 0.375. The van der Waals surface area contributed by atoms with E-state index in [1.54, 1.807) is 6.92 Å². The number of anilines is 1. The van der Waals surface area contributed by atoms with Crippen LogP contribution in [0.3, 0.4) is 0 Å². The molecular formula is C16H15NO2. The average molecular weight is 253 g/mol. The van der Waals surface area contributed by atoms with Crippen molar-refractivity contribution in [2.45, 2.75) is 13.3 Å². The Bertz CT molecular complexity index is 634. The largest absolute Gasteiger partial charge is 0.450 e. The van der Waals surface area contributed by atoms with Crippen molar-refractivity contribution in [1.82, 2.24) is 0 Å². The molecule has 0 aromatic heterocycles. The van der Waals surface area contributed by atoms with Crippen molar-refractivity contribution in [3.63, 3.8) is 0 Å². The van der Waals surface area contributed by atoms with E-state index in [1.807, 2.05) is 18.2 Å². The third-order valence-corrected chi connectivity index (χ3v) is 3.32. The van der Waals surface area contributed by atoms with Gasteiger partial charge in [0.2, 0.25) is 0 Å². The molecule has 2 aromatic rings. The fourth-order valence-electron chi connectivity index (χ4n) is 2.49. The molecule has 0 spiro atoms. The standard InChI is InChI=1S/C16H15NO2/c1-2-19-16(18)17-13-8-7-12-9-11-5-3-4-6-14(11)15(12)10-13/h3-8,10H,2,9H2,1H3,(H,17,18). The van der Waals surface area contributed by atoms with Gasteiger partial charge in [-0.05, 0) is 47.7 Å². The van der Waals surface area contributed by atoms with Gasteiger partial charge in [0.15, 0.2) is 0 Å². The first-order valence-electron chi connectivity index (χ1n) is 6.43. The van der Waals surface area contributed by atoms with Crippen molar-refractivity contribution in [3.8, 4) is 11.1 Å². The number of carbonyl (C=O) groups is 1. The summed E-state index contributed by atoms with van der Waals surface area (Å²) in [5.41, 5.74) is 5.87. The van der Waals surface area contributed by atoms with Crippen LogP contribution in [0.5, 0.6) is 0 Å². The number of benzene rings is 2. The quantitative estimate of drug-likeness (QED) is 0.753. The summed E-state index contributed by atoms with van der Waals surface area (Å²) in [6.45, 7) is 2.16. The lowest BCUT2D eigenvalue weighted by atomic mass is 10.1. The van der Waals surface area contributed by atoms with Gasteiger partial charge in [0.05, 0.1) is 6.61 Å². The lowest BCUT2D eigenvalue weighted by Crippen LogP contribution is -2.13. The van der Waals surface area contributed by atoms with Crippen LogP contribution in [0.4, 0.5) is 10.5 Å². The molecule has 1 aliphatic rings. The molecule has 19 heavy (non-hydrogen) atoms. The van der Waals surface area contributed by atoms with Gasteiger partial charge in [-0.3, -0.25) is 5.32 Å². The lowest BCUT2D eigenvalue weighted by molar-refractivity contribution is 0.168. The molecule has 96 valence electrons. The number of rotatable bonds is 2. The smallest absolute Gasteiger partial charge is 0.411 e. The minimum atomic E-state index is -0.409. The highest BCUT2D eigenvalue weighted by Gasteiger charge is 2.18. The molecule has 1 amide bonds. The van der Waals surface area contributed by atoms with Crippen LogP contribution in [0, 0.1) is 0 Å². The molecule has 3 heteroatoms. The molecule has 0 saturated carbocycles. The number of ether oxygens (including phenoxy) is 1. The maximum absolute atomic E-state index is 11.4. The van der Waals surface area contributed by atoms with Gasteiger partial charge in [-0.25, -0.2) is 4.79 Å². The van der Waals surface area contributed by atoms with E-state index in [-0.39, 0.29) is 0 Å². The zero-order valence-electron chi connectivity index (χ0n) is 10.8. The summed E-state index contributed by atoms with van der Waals surface area (Å²) in [7, 11) is 0. The highest BCUT2D eigenvalue weighted by atomic mass is 16.5. The van der Waals surface area contributed by atoms with Crippen molar-refractivity contribution in [1.29, 1.82) is 0 Å². The van der Waals surface area contributed by atoms with Crippen molar-refractivity contribution in [2.24, 2.45) is 0 Å². The predicted molar refractivity (Wildman–Crippen MR) is 75.3 cm³/mol. The van der Waals surface area contributed by atoms with Gasteiger partial charge in [-0.2, -0.15) is 0 Å². The van der Waals surface area contributed by atoms with E-state index in [2.05, 4.69) is 29.6 Å². The van der Waals surface area contributed by atoms with Crippen LogP contribution in [0.2, 0.25) is 0 Å². The first-order valence-corrected chi connectivity index (χ1v) is 6.43. The zero-order valence-corrected chi connectivity index (χ0v) is 10.8. The van der Waals surface area contributed by atoms with Crippen molar-refractivity contribution >= 4 is 11.8 Å². The maximum Gasteiger partial charge on any atom is 0.411 e. The number of nitrogens with one attached hydrogen (secondary N) is 1. The van der Waals surface area contributed by atoms with E-state index in [9.17, 15) is 4.79 Å². The first kappa shape index (κ1) is 11.8. The fourth-order valence-corrected chi connectivity index (χ4v) is 2.49. The normalized spacial score (nSPS) is 11.6. The molecule has 1 aliphatic carbocycles. The summed E-state index contributed by atoms with van der Waals surface area (Å²) in [4.78, 5) is 11.4. The van der Waals surface area contributed by atoms with Gasteiger partial charge >= 0.3 is 6.09 Å². The van der Waals surface area contributed by atoms with E-state index < -0.39 is 6.09 Å². The highest BCUT2D eigenvalue weighted by molar-refractivity contribution is 5.87. The Morgan fingerprint density at radius 2 is 1.95 bits per heavy atom. The van der Waals surface area contributed by atoms with Crippen LogP contribution in [-0.2, 0) is 11.2 Å². The van der Waals surface area contributed by atoms with E-state index in [0.29, 0.717) is 6.61 Å². The molecule has 3 nitrogen and oxygen atoms in total. The summed E-state index contributed by atoms with van der Waals surface area (Å²) >= 11 is 0. The molecule has 0 bridgehead atoms. The first-order chi connectivity index (χ1) is 9.28. The number of hydrogen-bond acceptors (Lipinski definition) is 2. The average Bonchev–Trinajstić information content (AvgIpc) is 2.77. The van der Waals surface area contributed by atoms with Crippen LogP contribution in [-0.4, -0.2) is 12.7 Å². The van der Waals surface area contributed by atoms with E-state index in [0.717, 1.165) is 12.1 Å². The fraction of sp³-hybridized carbons (Fsp3) is 0.188. The molecule has 0 heterocycles. The monoisotopic (exact) mass is 253 g/mol. The molecule has 0 saturated heterocycles. The lowest BCUT2D eigenvalue weighted by Gasteiger charge is -2.07. The summed E-state index contributed by atoms with van der Waals surface area (Å²) in [5.74, 6) is 0. The second kappa shape index (κ2) is 4.76. The molecule has 0 unspecified atom stereocenters. The molecule has 0 aliphatic heterocycles. The predicted octanol–water partition coefficient (Wildman–Crippen LogP) is 3.83. The number of hydrogen-bond donors (Lipinski definition) is 1. The minimum Gasteiger partial charge on any atom is -0.450 e. The Kier molecular flexibility index (Phi) is 2.95. The highest BCUT2D eigenvalue weighted by Crippen LogP contribution is 2.37. The van der Waals surface area contributed by atoms with Crippen LogP contribution in [0.25, 0.3) is 11.1 Å². The van der Waals surface area contributed by atoms with E-state index in [1.165, 1.54) is 22.3 Å². The number of amides is 1. The Balaban J connectivity index is 1.91. The van der Waals surface area contributed by atoms with Crippen molar-refractivity contribution < 1.29 is 9.53 Å². The summed E-state index contributed by atoms with van der Waals surface area (Å²) < 4.78 is 4.88. The van der Waals surface area contributed by atoms with E-state index in [4.69, 9.17) is 4.74 Å². The SMILES string of the molecule is CCOC(=O)Nc1ccc2c(c1)-c1ccccc1C2. The molecule has 2 aromatic carbocycles. The van der Waals surface area contributed by atoms with Crippen LogP contribution < -0.4 is 5.32 Å². The van der Waals surface area contributed by atoms with Crippen molar-refractivity contribution in [2.75, 3.05) is 11.9 Å². The van der Waals surface area contributed by atoms with Gasteiger partial charge in [-0.15, -0.1) is 0 Å². The third kappa shape index (κ3) is 2.19. The zero-order chi connectivity index (χ0) is 13.2. The maximum atomic E-state index is 11.4. The van der Waals surface area contributed by atoms with Gasteiger partial charge in [0.25, 0.3) is 0 Å². The van der Waals surface area contributed by atoms with E-state index >= 15 is 0 Å². The number of fused-ring (bicyclic) bond motifs is 3. The summed E-state index contributed by atoms with van der Waals surface area (Å²) in [6, 6.07) is 14.4. The van der Waals surface area contributed by atoms with Crippen LogP contribution in [0.1, 0.15) is 18.1 Å². The topological polar surface area (TPSA) is 38.3 Å². The van der Waals surface area contributed by atoms with Gasteiger partial charge in [0, 0.05) is 5.69 Å². The molecule has 0 atom stereocenters. The van der Waals surface area contributed by atoms with Gasteiger partial charge < -0.3 is 4.74 Å². The molecule has 0 radical (unpaired) electrons. The van der Waals surface area contributed by atoms with Crippen LogP contribution in [0.15, 0.2) is 42.5 Å². The molecular weight excluding hydrogens is 238 g/mol. The third-order valence-electron chi connectivity index (χ3n) is 3.32. The van der Waals surface area contributed by atoms with Gasteiger partial charge in [0.1, 0.15) is 0 Å². The number of carbonyl (C=O) groups excluding carboxylic acids is 1. The second-order valence-electron chi connectivity index (χ2n) is 4.55. The second-order valence-corrected chi connectivity index (χ2v) is 4.55.